The molecule has 0 bridgehead atoms. The first-order valence-corrected chi connectivity index (χ1v) is 15.5. The second kappa shape index (κ2) is 10.8. The molecule has 8 aromatic carbocycles. The zero-order valence-corrected chi connectivity index (χ0v) is 24.9. The summed E-state index contributed by atoms with van der Waals surface area (Å²) in [5.41, 5.74) is 5.20. The number of hydrogen-bond donors (Lipinski definition) is 0. The van der Waals surface area contributed by atoms with Crippen LogP contribution >= 0.6 is 0 Å². The molecule has 0 radical (unpaired) electrons. The molecule has 214 valence electrons. The Morgan fingerprint density at radius 2 is 0.739 bits per heavy atom. The van der Waals surface area contributed by atoms with Crippen molar-refractivity contribution in [3.63, 3.8) is 0 Å². The summed E-state index contributed by atoms with van der Waals surface area (Å²) in [6, 6.07) is 57.6. The zero-order valence-electron chi connectivity index (χ0n) is 24.9. The molecule has 0 spiro atoms. The highest BCUT2D eigenvalue weighted by atomic mass is 15.0. The van der Waals surface area contributed by atoms with Crippen LogP contribution in [0.5, 0.6) is 0 Å². The van der Waals surface area contributed by atoms with Gasteiger partial charge in [0.15, 0.2) is 17.5 Å². The summed E-state index contributed by atoms with van der Waals surface area (Å²) in [5.74, 6) is 1.96. The van der Waals surface area contributed by atoms with Gasteiger partial charge in [-0.05, 0) is 66.3 Å². The van der Waals surface area contributed by atoms with Crippen LogP contribution < -0.4 is 0 Å². The third-order valence-corrected chi connectivity index (χ3v) is 8.88. The molecule has 3 heteroatoms. The lowest BCUT2D eigenvalue weighted by Gasteiger charge is -2.11. The maximum absolute atomic E-state index is 5.07. The van der Waals surface area contributed by atoms with Gasteiger partial charge >= 0.3 is 0 Å². The summed E-state index contributed by atoms with van der Waals surface area (Å²) in [4.78, 5) is 15.1. The summed E-state index contributed by atoms with van der Waals surface area (Å²) >= 11 is 0. The summed E-state index contributed by atoms with van der Waals surface area (Å²) < 4.78 is 0. The molecule has 1 aromatic heterocycles. The fourth-order valence-electron chi connectivity index (χ4n) is 6.50. The van der Waals surface area contributed by atoms with Crippen molar-refractivity contribution in [1.29, 1.82) is 0 Å². The average molecular weight is 586 g/mol. The number of hydrogen-bond acceptors (Lipinski definition) is 3. The van der Waals surface area contributed by atoms with Crippen LogP contribution in [0.4, 0.5) is 0 Å². The number of benzene rings is 8. The molecule has 9 aromatic rings. The van der Waals surface area contributed by atoms with E-state index in [9.17, 15) is 0 Å². The van der Waals surface area contributed by atoms with Crippen LogP contribution in [0, 0.1) is 0 Å². The summed E-state index contributed by atoms with van der Waals surface area (Å²) in [5, 5.41) is 9.79. The van der Waals surface area contributed by atoms with E-state index >= 15 is 0 Å². The van der Waals surface area contributed by atoms with Gasteiger partial charge in [0, 0.05) is 16.7 Å². The molecule has 0 aliphatic heterocycles. The molecular weight excluding hydrogens is 558 g/mol. The molecule has 0 N–H and O–H groups in total. The van der Waals surface area contributed by atoms with Gasteiger partial charge in [0.05, 0.1) is 0 Å². The SMILES string of the molecule is c1ccc(-c2nc(-c3ccc(-c4ccc5ccccc5c4)cc3)nc(-c3ccc4ccc5ccc6ccccc6c5c4c3)n2)cc1. The van der Waals surface area contributed by atoms with Crippen LogP contribution in [0.1, 0.15) is 0 Å². The van der Waals surface area contributed by atoms with Gasteiger partial charge in [-0.15, -0.1) is 0 Å². The van der Waals surface area contributed by atoms with Crippen LogP contribution in [0.25, 0.3) is 88.4 Å². The van der Waals surface area contributed by atoms with Crippen LogP contribution in [0.3, 0.4) is 0 Å². The van der Waals surface area contributed by atoms with Gasteiger partial charge in [-0.3, -0.25) is 0 Å². The topological polar surface area (TPSA) is 38.7 Å². The molecule has 0 saturated carbocycles. The molecule has 0 amide bonds. The van der Waals surface area contributed by atoms with E-state index in [0.717, 1.165) is 22.3 Å². The van der Waals surface area contributed by atoms with Crippen molar-refractivity contribution in [2.75, 3.05) is 0 Å². The molecule has 9 rings (SSSR count). The molecular formula is C43H27N3. The lowest BCUT2D eigenvalue weighted by Crippen LogP contribution is -2.00. The number of fused-ring (bicyclic) bond motifs is 6. The van der Waals surface area contributed by atoms with Crippen molar-refractivity contribution in [1.82, 2.24) is 15.0 Å². The molecule has 0 unspecified atom stereocenters. The van der Waals surface area contributed by atoms with E-state index < -0.39 is 0 Å². The van der Waals surface area contributed by atoms with Crippen molar-refractivity contribution in [2.45, 2.75) is 0 Å². The van der Waals surface area contributed by atoms with Crippen molar-refractivity contribution < 1.29 is 0 Å². The fraction of sp³-hybridized carbons (Fsp3) is 0. The van der Waals surface area contributed by atoms with E-state index in [-0.39, 0.29) is 0 Å². The highest BCUT2D eigenvalue weighted by molar-refractivity contribution is 6.20. The number of nitrogens with zero attached hydrogens (tertiary/aromatic N) is 3. The molecule has 0 aliphatic carbocycles. The largest absolute Gasteiger partial charge is 0.208 e. The lowest BCUT2D eigenvalue weighted by atomic mass is 9.95. The van der Waals surface area contributed by atoms with Gasteiger partial charge in [-0.25, -0.2) is 15.0 Å². The van der Waals surface area contributed by atoms with Gasteiger partial charge in [0.25, 0.3) is 0 Å². The Bertz CT molecular complexity index is 2570. The van der Waals surface area contributed by atoms with E-state index in [1.165, 1.54) is 48.7 Å². The van der Waals surface area contributed by atoms with Gasteiger partial charge in [-0.1, -0.05) is 152 Å². The predicted octanol–water partition coefficient (Wildman–Crippen LogP) is 11.2. The van der Waals surface area contributed by atoms with E-state index in [4.69, 9.17) is 15.0 Å². The third-order valence-electron chi connectivity index (χ3n) is 8.88. The predicted molar refractivity (Wildman–Crippen MR) is 192 cm³/mol. The quantitative estimate of drug-likeness (QED) is 0.193. The number of aromatic nitrogens is 3. The number of rotatable bonds is 4. The van der Waals surface area contributed by atoms with E-state index in [1.807, 2.05) is 30.3 Å². The second-order valence-electron chi connectivity index (χ2n) is 11.7. The van der Waals surface area contributed by atoms with Gasteiger partial charge in [0.1, 0.15) is 0 Å². The molecule has 0 atom stereocenters. The van der Waals surface area contributed by atoms with Crippen molar-refractivity contribution in [3.8, 4) is 45.3 Å². The van der Waals surface area contributed by atoms with E-state index in [0.29, 0.717) is 17.5 Å². The zero-order chi connectivity index (χ0) is 30.5. The Kier molecular flexibility index (Phi) is 6.14. The third kappa shape index (κ3) is 4.58. The first-order valence-electron chi connectivity index (χ1n) is 15.5. The second-order valence-corrected chi connectivity index (χ2v) is 11.7. The van der Waals surface area contributed by atoms with Crippen LogP contribution in [0.2, 0.25) is 0 Å². The maximum Gasteiger partial charge on any atom is 0.164 e. The molecule has 0 fully saturated rings. The summed E-state index contributed by atoms with van der Waals surface area (Å²) in [6.45, 7) is 0. The Morgan fingerprint density at radius 1 is 0.261 bits per heavy atom. The molecule has 46 heavy (non-hydrogen) atoms. The molecule has 0 saturated heterocycles. The highest BCUT2D eigenvalue weighted by Gasteiger charge is 2.14. The Hall–Kier alpha value is -6.19. The Morgan fingerprint density at radius 3 is 1.50 bits per heavy atom. The van der Waals surface area contributed by atoms with Gasteiger partial charge in [-0.2, -0.15) is 0 Å². The van der Waals surface area contributed by atoms with E-state index in [2.05, 4.69) is 133 Å². The molecule has 0 aliphatic rings. The Labute approximate surface area is 266 Å². The average Bonchev–Trinajstić information content (AvgIpc) is 3.14. The van der Waals surface area contributed by atoms with Crippen molar-refractivity contribution in [2.24, 2.45) is 0 Å². The van der Waals surface area contributed by atoms with Gasteiger partial charge in [0.2, 0.25) is 0 Å². The molecule has 1 heterocycles. The first-order chi connectivity index (χ1) is 22.8. The Balaban J connectivity index is 1.19. The molecule has 3 nitrogen and oxygen atoms in total. The van der Waals surface area contributed by atoms with Crippen LogP contribution in [0.15, 0.2) is 164 Å². The minimum atomic E-state index is 0.650. The van der Waals surface area contributed by atoms with Crippen molar-refractivity contribution >= 4 is 43.1 Å². The minimum absolute atomic E-state index is 0.650. The summed E-state index contributed by atoms with van der Waals surface area (Å²) in [6.07, 6.45) is 0. The minimum Gasteiger partial charge on any atom is -0.208 e. The smallest absolute Gasteiger partial charge is 0.164 e. The summed E-state index contributed by atoms with van der Waals surface area (Å²) in [7, 11) is 0. The van der Waals surface area contributed by atoms with Crippen LogP contribution in [-0.2, 0) is 0 Å². The lowest BCUT2D eigenvalue weighted by molar-refractivity contribution is 1.07. The van der Waals surface area contributed by atoms with Gasteiger partial charge < -0.3 is 0 Å². The normalized spacial score (nSPS) is 11.5. The van der Waals surface area contributed by atoms with Crippen molar-refractivity contribution in [3.05, 3.63) is 164 Å². The van der Waals surface area contributed by atoms with Crippen LogP contribution in [-0.4, -0.2) is 15.0 Å². The first kappa shape index (κ1) is 26.2. The monoisotopic (exact) mass is 585 g/mol. The van der Waals surface area contributed by atoms with E-state index in [1.54, 1.807) is 0 Å². The standard InChI is InChI=1S/C43H27N3/c1-2-10-33(11-3-1)41-44-42(34-22-14-29(15-23-34)36-24-16-28-8-4-5-12-35(28)26-36)46-43(45-41)37-25-19-31-18-21-32-20-17-30-9-6-7-13-38(30)40(32)39(31)27-37/h1-27H. The highest BCUT2D eigenvalue weighted by Crippen LogP contribution is 2.35. The fourth-order valence-corrected chi connectivity index (χ4v) is 6.50. The maximum atomic E-state index is 5.07.